The first-order chi connectivity index (χ1) is 5.61. The largest absolute Gasteiger partial charge is 0.293 e. The third-order valence-corrected chi connectivity index (χ3v) is 1.75. The summed E-state index contributed by atoms with van der Waals surface area (Å²) in [6, 6.07) is 0. The van der Waals surface area contributed by atoms with E-state index in [1.54, 1.807) is 22.6 Å². The van der Waals surface area contributed by atoms with E-state index in [0.29, 0.717) is 0 Å². The molecule has 0 fully saturated rings. The van der Waals surface area contributed by atoms with Crippen molar-refractivity contribution in [3.8, 4) is 0 Å². The standard InChI is InChI=1S/C7H5IN2O2/c1-4(11)5-2-9-3-6(10-5)7(8)12/h2-3H,1H3. The zero-order valence-electron chi connectivity index (χ0n) is 6.24. The fourth-order valence-electron chi connectivity index (χ4n) is 0.630. The second kappa shape index (κ2) is 3.70. The molecule has 5 heteroatoms. The fraction of sp³-hybridized carbons (Fsp3) is 0.143. The fourth-order valence-corrected chi connectivity index (χ4v) is 0.890. The first kappa shape index (κ1) is 9.24. The van der Waals surface area contributed by atoms with Crippen LogP contribution in [0, 0.1) is 0 Å². The molecule has 0 radical (unpaired) electrons. The Morgan fingerprint density at radius 1 is 1.33 bits per heavy atom. The summed E-state index contributed by atoms with van der Waals surface area (Å²) in [5, 5.41) is 0. The zero-order valence-corrected chi connectivity index (χ0v) is 8.40. The van der Waals surface area contributed by atoms with E-state index in [0.717, 1.165) is 0 Å². The summed E-state index contributed by atoms with van der Waals surface area (Å²) in [4.78, 5) is 29.1. The molecule has 0 aliphatic carbocycles. The van der Waals surface area contributed by atoms with Gasteiger partial charge in [-0.2, -0.15) is 0 Å². The van der Waals surface area contributed by atoms with Gasteiger partial charge in [0, 0.05) is 29.5 Å². The monoisotopic (exact) mass is 276 g/mol. The van der Waals surface area contributed by atoms with Gasteiger partial charge in [-0.25, -0.2) is 4.98 Å². The van der Waals surface area contributed by atoms with E-state index in [2.05, 4.69) is 9.97 Å². The Labute approximate surface area is 82.6 Å². The van der Waals surface area contributed by atoms with E-state index < -0.39 is 0 Å². The van der Waals surface area contributed by atoms with Gasteiger partial charge >= 0.3 is 0 Å². The van der Waals surface area contributed by atoms with E-state index in [-0.39, 0.29) is 21.0 Å². The molecule has 62 valence electrons. The molecule has 4 nitrogen and oxygen atoms in total. The average molecular weight is 276 g/mol. The van der Waals surface area contributed by atoms with Gasteiger partial charge < -0.3 is 0 Å². The van der Waals surface area contributed by atoms with E-state index in [1.807, 2.05) is 0 Å². The highest BCUT2D eigenvalue weighted by atomic mass is 127. The molecule has 0 aromatic carbocycles. The predicted molar refractivity (Wildman–Crippen MR) is 50.4 cm³/mol. The van der Waals surface area contributed by atoms with E-state index in [4.69, 9.17) is 0 Å². The normalized spacial score (nSPS) is 9.50. The molecule has 0 aliphatic heterocycles. The first-order valence-electron chi connectivity index (χ1n) is 3.14. The van der Waals surface area contributed by atoms with Crippen LogP contribution in [0.5, 0.6) is 0 Å². The number of rotatable bonds is 2. The summed E-state index contributed by atoms with van der Waals surface area (Å²) in [7, 11) is 0. The molecule has 1 aromatic heterocycles. The summed E-state index contributed by atoms with van der Waals surface area (Å²) in [5.41, 5.74) is 0.431. The van der Waals surface area contributed by atoms with Crippen LogP contribution in [0.2, 0.25) is 0 Å². The molecule has 1 rings (SSSR count). The molecule has 0 N–H and O–H groups in total. The van der Waals surface area contributed by atoms with Gasteiger partial charge in [0.15, 0.2) is 5.78 Å². The molecule has 0 saturated heterocycles. The summed E-state index contributed by atoms with van der Waals surface area (Å²) in [5.74, 6) is -0.193. The smallest absolute Gasteiger partial charge is 0.242 e. The summed E-state index contributed by atoms with van der Waals surface area (Å²) < 4.78 is -0.219. The number of halogens is 1. The third-order valence-electron chi connectivity index (χ3n) is 1.20. The number of aromatic nitrogens is 2. The van der Waals surface area contributed by atoms with Crippen LogP contribution < -0.4 is 0 Å². The number of carbonyl (C=O) groups is 2. The summed E-state index contributed by atoms with van der Waals surface area (Å²) >= 11 is 1.60. The van der Waals surface area contributed by atoms with Crippen molar-refractivity contribution in [1.82, 2.24) is 9.97 Å². The number of hydrogen-bond donors (Lipinski definition) is 0. The molecular weight excluding hydrogens is 271 g/mol. The van der Waals surface area contributed by atoms with E-state index >= 15 is 0 Å². The molecule has 0 unspecified atom stereocenters. The van der Waals surface area contributed by atoms with Crippen LogP contribution in [0.3, 0.4) is 0 Å². The van der Waals surface area contributed by atoms with Crippen LogP contribution >= 0.6 is 22.6 Å². The van der Waals surface area contributed by atoms with Crippen molar-refractivity contribution in [3.63, 3.8) is 0 Å². The average Bonchev–Trinajstić information content (AvgIpc) is 2.04. The minimum atomic E-state index is -0.219. The van der Waals surface area contributed by atoms with Gasteiger partial charge in [-0.3, -0.25) is 14.6 Å². The highest BCUT2D eigenvalue weighted by Crippen LogP contribution is 2.02. The van der Waals surface area contributed by atoms with Crippen LogP contribution in [0.15, 0.2) is 12.4 Å². The van der Waals surface area contributed by atoms with E-state index in [9.17, 15) is 9.59 Å². The Hall–Kier alpha value is -0.850. The molecule has 1 aromatic rings. The highest BCUT2D eigenvalue weighted by Gasteiger charge is 2.06. The lowest BCUT2D eigenvalue weighted by Gasteiger charge is -1.94. The number of nitrogens with zero attached hydrogens (tertiary/aromatic N) is 2. The summed E-state index contributed by atoms with van der Waals surface area (Å²) in [6.45, 7) is 1.38. The predicted octanol–water partition coefficient (Wildman–Crippen LogP) is 1.25. The molecular formula is C7H5IN2O2. The van der Waals surface area contributed by atoms with Crippen molar-refractivity contribution in [2.24, 2.45) is 0 Å². The molecule has 0 spiro atoms. The molecule has 1 heterocycles. The van der Waals surface area contributed by atoms with Gasteiger partial charge in [0.2, 0.25) is 3.79 Å². The van der Waals surface area contributed by atoms with Gasteiger partial charge in [0.05, 0.1) is 12.4 Å². The SMILES string of the molecule is CC(=O)c1cncc(C(=O)I)n1. The Balaban J connectivity index is 3.12. The minimum absolute atomic E-state index is 0.193. The molecule has 0 aliphatic rings. The van der Waals surface area contributed by atoms with E-state index in [1.165, 1.54) is 19.3 Å². The first-order valence-corrected chi connectivity index (χ1v) is 4.22. The molecule has 0 amide bonds. The van der Waals surface area contributed by atoms with Gasteiger partial charge in [0.25, 0.3) is 0 Å². The second-order valence-corrected chi connectivity index (χ2v) is 3.10. The maximum Gasteiger partial charge on any atom is 0.242 e. The van der Waals surface area contributed by atoms with Crippen molar-refractivity contribution < 1.29 is 9.59 Å². The van der Waals surface area contributed by atoms with Gasteiger partial charge in [0.1, 0.15) is 11.4 Å². The topological polar surface area (TPSA) is 59.9 Å². The molecule has 0 bridgehead atoms. The Morgan fingerprint density at radius 2 is 1.92 bits per heavy atom. The van der Waals surface area contributed by atoms with Gasteiger partial charge in [-0.05, 0) is 0 Å². The number of carbonyl (C=O) groups excluding carboxylic acids is 2. The molecule has 0 saturated carbocycles. The third kappa shape index (κ3) is 2.07. The van der Waals surface area contributed by atoms with Crippen LogP contribution in [0.1, 0.15) is 27.9 Å². The summed E-state index contributed by atoms with van der Waals surface area (Å²) in [6.07, 6.45) is 2.67. The zero-order chi connectivity index (χ0) is 9.14. The lowest BCUT2D eigenvalue weighted by Crippen LogP contribution is -2.03. The maximum atomic E-state index is 10.8. The van der Waals surface area contributed by atoms with Crippen LogP contribution in [-0.4, -0.2) is 19.5 Å². The Morgan fingerprint density at radius 3 is 2.42 bits per heavy atom. The van der Waals surface area contributed by atoms with Crippen LogP contribution in [0.4, 0.5) is 0 Å². The number of Topliss-reactive ketones (excluding diaryl/α,β-unsaturated/α-hetero) is 1. The van der Waals surface area contributed by atoms with Crippen LogP contribution in [0.25, 0.3) is 0 Å². The van der Waals surface area contributed by atoms with Gasteiger partial charge in [-0.15, -0.1) is 0 Å². The lowest BCUT2D eigenvalue weighted by atomic mass is 10.3. The van der Waals surface area contributed by atoms with Crippen molar-refractivity contribution in [2.75, 3.05) is 0 Å². The van der Waals surface area contributed by atoms with Gasteiger partial charge in [-0.1, -0.05) is 0 Å². The quantitative estimate of drug-likeness (QED) is 0.463. The Kier molecular flexibility index (Phi) is 2.85. The van der Waals surface area contributed by atoms with Crippen molar-refractivity contribution in [3.05, 3.63) is 23.8 Å². The second-order valence-electron chi connectivity index (χ2n) is 2.12. The maximum absolute atomic E-state index is 10.8. The molecule has 0 atom stereocenters. The van der Waals surface area contributed by atoms with Crippen molar-refractivity contribution in [1.29, 1.82) is 0 Å². The number of ketones is 1. The van der Waals surface area contributed by atoms with Crippen molar-refractivity contribution >= 4 is 32.2 Å². The lowest BCUT2D eigenvalue weighted by molar-refractivity contribution is 0.101. The minimum Gasteiger partial charge on any atom is -0.293 e. The highest BCUT2D eigenvalue weighted by molar-refractivity contribution is 14.1. The Bertz CT molecular complexity index is 309. The molecule has 12 heavy (non-hydrogen) atoms. The van der Waals surface area contributed by atoms with Crippen LogP contribution in [-0.2, 0) is 0 Å². The number of hydrogen-bond acceptors (Lipinski definition) is 4. The van der Waals surface area contributed by atoms with Crippen molar-refractivity contribution in [2.45, 2.75) is 6.92 Å².